The lowest BCUT2D eigenvalue weighted by Crippen LogP contribution is -2.14. The lowest BCUT2D eigenvalue weighted by atomic mass is 10.0. The van der Waals surface area contributed by atoms with Crippen LogP contribution in [-0.4, -0.2) is 17.7 Å². The van der Waals surface area contributed by atoms with Crippen LogP contribution >= 0.6 is 15.9 Å². The Hall–Kier alpha value is -1.20. The zero-order valence-corrected chi connectivity index (χ0v) is 10.8. The molecule has 0 radical (unpaired) electrons. The molecule has 0 amide bonds. The number of carbonyl (C=O) groups excluding carboxylic acids is 1. The van der Waals surface area contributed by atoms with Crippen molar-refractivity contribution in [3.8, 4) is 0 Å². The lowest BCUT2D eigenvalue weighted by Gasteiger charge is -2.13. The van der Waals surface area contributed by atoms with Crippen molar-refractivity contribution in [2.24, 2.45) is 0 Å². The van der Waals surface area contributed by atoms with Crippen LogP contribution < -0.4 is 0 Å². The average molecular weight is 303 g/mol. The third-order valence-corrected chi connectivity index (χ3v) is 2.62. The third kappa shape index (κ3) is 3.38. The van der Waals surface area contributed by atoms with E-state index >= 15 is 0 Å². The van der Waals surface area contributed by atoms with Crippen LogP contribution in [0.3, 0.4) is 0 Å². The Labute approximate surface area is 107 Å². The van der Waals surface area contributed by atoms with Gasteiger partial charge in [-0.3, -0.25) is 0 Å². The zero-order valence-electron chi connectivity index (χ0n) is 9.24. The second-order valence-electron chi connectivity index (χ2n) is 3.31. The molecule has 3 nitrogen and oxygen atoms in total. The van der Waals surface area contributed by atoms with E-state index in [4.69, 9.17) is 0 Å². The van der Waals surface area contributed by atoms with Gasteiger partial charge in [0.25, 0.3) is 0 Å². The Morgan fingerprint density at radius 2 is 2.29 bits per heavy atom. The van der Waals surface area contributed by atoms with Crippen LogP contribution in [0.15, 0.2) is 34.8 Å². The molecule has 1 rings (SSSR count). The first kappa shape index (κ1) is 13.9. The lowest BCUT2D eigenvalue weighted by molar-refractivity contribution is -0.139. The highest BCUT2D eigenvalue weighted by atomic mass is 79.9. The fourth-order valence-electron chi connectivity index (χ4n) is 1.25. The highest BCUT2D eigenvalue weighted by molar-refractivity contribution is 9.10. The molecule has 0 aromatic heterocycles. The van der Waals surface area contributed by atoms with Crippen LogP contribution in [0.4, 0.5) is 4.39 Å². The highest BCUT2D eigenvalue weighted by Crippen LogP contribution is 2.26. The highest BCUT2D eigenvalue weighted by Gasteiger charge is 2.22. The normalized spacial score (nSPS) is 12.0. The molecule has 1 unspecified atom stereocenters. The molecule has 0 aliphatic rings. The molecule has 0 fully saturated rings. The summed E-state index contributed by atoms with van der Waals surface area (Å²) in [5.74, 6) is -1.35. The van der Waals surface area contributed by atoms with E-state index in [1.165, 1.54) is 12.1 Å². The van der Waals surface area contributed by atoms with Crippen molar-refractivity contribution in [2.45, 2.75) is 13.0 Å². The van der Waals surface area contributed by atoms with Crippen molar-refractivity contribution in [1.29, 1.82) is 0 Å². The van der Waals surface area contributed by atoms with Gasteiger partial charge in [0.2, 0.25) is 0 Å². The van der Waals surface area contributed by atoms with Gasteiger partial charge in [-0.05, 0) is 19.1 Å². The van der Waals surface area contributed by atoms with E-state index in [0.29, 0.717) is 4.47 Å². The first-order chi connectivity index (χ1) is 7.97. The minimum absolute atomic E-state index is 0.00810. The van der Waals surface area contributed by atoms with Crippen LogP contribution in [0, 0.1) is 5.82 Å². The van der Waals surface area contributed by atoms with Crippen molar-refractivity contribution in [3.63, 3.8) is 0 Å². The minimum atomic E-state index is -1.40. The smallest absolute Gasteiger partial charge is 0.336 e. The Kier molecular flexibility index (Phi) is 4.84. The summed E-state index contributed by atoms with van der Waals surface area (Å²) >= 11 is 3.10. The number of hydrogen-bond donors (Lipinski definition) is 1. The van der Waals surface area contributed by atoms with Gasteiger partial charge in [-0.25, -0.2) is 9.18 Å². The second-order valence-corrected chi connectivity index (χ2v) is 4.23. The van der Waals surface area contributed by atoms with Gasteiger partial charge in [-0.1, -0.05) is 28.6 Å². The monoisotopic (exact) mass is 302 g/mol. The molecule has 1 aromatic rings. The van der Waals surface area contributed by atoms with E-state index in [1.807, 2.05) is 0 Å². The summed E-state index contributed by atoms with van der Waals surface area (Å²) in [6.07, 6.45) is -1.40. The summed E-state index contributed by atoms with van der Waals surface area (Å²) in [4.78, 5) is 11.3. The molecule has 1 aromatic carbocycles. The van der Waals surface area contributed by atoms with Gasteiger partial charge >= 0.3 is 5.97 Å². The van der Waals surface area contributed by atoms with Crippen LogP contribution in [0.5, 0.6) is 0 Å². The molecular formula is C12H12BrFO3. The van der Waals surface area contributed by atoms with Gasteiger partial charge < -0.3 is 9.84 Å². The Balaban J connectivity index is 2.92. The number of hydrogen-bond acceptors (Lipinski definition) is 3. The number of carbonyl (C=O) groups is 1. The SMILES string of the molecule is C=C(C(=O)OCC)C(O)c1ccc(Br)cc1F. The third-order valence-electron chi connectivity index (χ3n) is 2.12. The maximum Gasteiger partial charge on any atom is 0.336 e. The number of esters is 1. The molecule has 0 aliphatic carbocycles. The molecule has 1 N–H and O–H groups in total. The number of aliphatic hydroxyl groups is 1. The van der Waals surface area contributed by atoms with E-state index in [0.717, 1.165) is 0 Å². The molecule has 0 heterocycles. The van der Waals surface area contributed by atoms with Crippen molar-refractivity contribution >= 4 is 21.9 Å². The van der Waals surface area contributed by atoms with Gasteiger partial charge in [-0.15, -0.1) is 0 Å². The van der Waals surface area contributed by atoms with Crippen LogP contribution in [0.1, 0.15) is 18.6 Å². The largest absolute Gasteiger partial charge is 0.463 e. The minimum Gasteiger partial charge on any atom is -0.463 e. The quantitative estimate of drug-likeness (QED) is 0.687. The van der Waals surface area contributed by atoms with E-state index < -0.39 is 17.9 Å². The first-order valence-corrected chi connectivity index (χ1v) is 5.75. The molecule has 0 spiro atoms. The Morgan fingerprint density at radius 1 is 1.65 bits per heavy atom. The topological polar surface area (TPSA) is 46.5 Å². The van der Waals surface area contributed by atoms with Gasteiger partial charge in [0, 0.05) is 10.0 Å². The molecular weight excluding hydrogens is 291 g/mol. The Morgan fingerprint density at radius 3 is 2.82 bits per heavy atom. The Bertz CT molecular complexity index is 445. The van der Waals surface area contributed by atoms with Crippen molar-refractivity contribution in [3.05, 3.63) is 46.2 Å². The zero-order chi connectivity index (χ0) is 13.0. The van der Waals surface area contributed by atoms with Gasteiger partial charge in [0.15, 0.2) is 0 Å². The van der Waals surface area contributed by atoms with E-state index in [9.17, 15) is 14.3 Å². The van der Waals surface area contributed by atoms with Crippen molar-refractivity contribution in [2.75, 3.05) is 6.61 Å². The molecule has 0 saturated heterocycles. The van der Waals surface area contributed by atoms with Crippen molar-refractivity contribution in [1.82, 2.24) is 0 Å². The molecule has 0 saturated carbocycles. The van der Waals surface area contributed by atoms with Crippen LogP contribution in [-0.2, 0) is 9.53 Å². The average Bonchev–Trinajstić information content (AvgIpc) is 2.27. The predicted molar refractivity (Wildman–Crippen MR) is 64.8 cm³/mol. The van der Waals surface area contributed by atoms with Gasteiger partial charge in [-0.2, -0.15) is 0 Å². The maximum atomic E-state index is 13.5. The molecule has 92 valence electrons. The number of halogens is 2. The van der Waals surface area contributed by atoms with E-state index in [1.54, 1.807) is 13.0 Å². The summed E-state index contributed by atoms with van der Waals surface area (Å²) in [6, 6.07) is 4.16. The molecule has 17 heavy (non-hydrogen) atoms. The fraction of sp³-hybridized carbons (Fsp3) is 0.250. The van der Waals surface area contributed by atoms with Crippen molar-refractivity contribution < 1.29 is 19.0 Å². The van der Waals surface area contributed by atoms with Gasteiger partial charge in [0.05, 0.1) is 12.2 Å². The molecule has 5 heteroatoms. The van der Waals surface area contributed by atoms with Crippen LogP contribution in [0.2, 0.25) is 0 Å². The summed E-state index contributed by atoms with van der Waals surface area (Å²) in [5, 5.41) is 9.80. The summed E-state index contributed by atoms with van der Waals surface area (Å²) < 4.78 is 18.8. The van der Waals surface area contributed by atoms with E-state index in [-0.39, 0.29) is 17.7 Å². The van der Waals surface area contributed by atoms with E-state index in [2.05, 4.69) is 27.2 Å². The van der Waals surface area contributed by atoms with Crippen LogP contribution in [0.25, 0.3) is 0 Å². The molecule has 1 atom stereocenters. The van der Waals surface area contributed by atoms with Gasteiger partial charge in [0.1, 0.15) is 11.9 Å². The molecule has 0 bridgehead atoms. The number of benzene rings is 1. The number of aliphatic hydroxyl groups excluding tert-OH is 1. The first-order valence-electron chi connectivity index (χ1n) is 4.96. The number of ether oxygens (including phenoxy) is 1. The standard InChI is InChI=1S/C12H12BrFO3/c1-3-17-12(16)7(2)11(15)9-5-4-8(13)6-10(9)14/h4-6,11,15H,2-3H2,1H3. The predicted octanol–water partition coefficient (Wildman–Crippen LogP) is 2.74. The summed E-state index contributed by atoms with van der Waals surface area (Å²) in [7, 11) is 0. The maximum absolute atomic E-state index is 13.5. The molecule has 0 aliphatic heterocycles. The summed E-state index contributed by atoms with van der Waals surface area (Å²) in [6.45, 7) is 5.22. The number of rotatable bonds is 4. The second kappa shape index (κ2) is 5.93. The summed E-state index contributed by atoms with van der Waals surface area (Å²) in [5.41, 5.74) is -0.195. The fourth-order valence-corrected chi connectivity index (χ4v) is 1.58.